The fourth-order valence-corrected chi connectivity index (χ4v) is 0.802. The molecule has 0 bridgehead atoms. The van der Waals surface area contributed by atoms with Crippen LogP contribution in [0.15, 0.2) is 12.5 Å². The number of carbonyl (C=O) groups excluding carboxylic acids is 1. The summed E-state index contributed by atoms with van der Waals surface area (Å²) in [6.45, 7) is -0.658. The Kier molecular flexibility index (Phi) is 3.19. The third-order valence-electron chi connectivity index (χ3n) is 1.53. The average molecular weight is 199 g/mol. The number of aliphatic hydroxyl groups is 1. The molecule has 0 spiro atoms. The van der Waals surface area contributed by atoms with Gasteiger partial charge in [-0.2, -0.15) is 0 Å². The van der Waals surface area contributed by atoms with Gasteiger partial charge in [0.1, 0.15) is 5.69 Å². The second kappa shape index (κ2) is 4.38. The zero-order valence-electron chi connectivity index (χ0n) is 7.10. The molecular formula is C7H9N3O4. The number of carboxylic acid groups (broad SMARTS) is 1. The molecule has 14 heavy (non-hydrogen) atoms. The largest absolute Gasteiger partial charge is 0.480 e. The molecule has 0 fully saturated rings. The van der Waals surface area contributed by atoms with E-state index < -0.39 is 24.5 Å². The smallest absolute Gasteiger partial charge is 0.328 e. The highest BCUT2D eigenvalue weighted by Crippen LogP contribution is 1.92. The van der Waals surface area contributed by atoms with Crippen LogP contribution in [0.2, 0.25) is 0 Å². The summed E-state index contributed by atoms with van der Waals surface area (Å²) in [5.74, 6) is -1.91. The predicted molar refractivity (Wildman–Crippen MR) is 44.6 cm³/mol. The van der Waals surface area contributed by atoms with Crippen molar-refractivity contribution in [3.8, 4) is 0 Å². The first-order valence-corrected chi connectivity index (χ1v) is 3.78. The van der Waals surface area contributed by atoms with Crippen LogP contribution >= 0.6 is 0 Å². The number of rotatable bonds is 4. The van der Waals surface area contributed by atoms with Crippen molar-refractivity contribution in [2.24, 2.45) is 0 Å². The molecular weight excluding hydrogens is 190 g/mol. The molecule has 0 unspecified atom stereocenters. The predicted octanol–water partition coefficient (Wildman–Crippen LogP) is -1.41. The molecule has 1 heterocycles. The second-order valence-corrected chi connectivity index (χ2v) is 2.51. The maximum atomic E-state index is 11.2. The zero-order chi connectivity index (χ0) is 10.6. The Labute approximate surface area is 78.8 Å². The number of aromatic amines is 1. The Morgan fingerprint density at radius 1 is 1.64 bits per heavy atom. The van der Waals surface area contributed by atoms with Crippen molar-refractivity contribution < 1.29 is 19.8 Å². The number of carbonyl (C=O) groups is 2. The topological polar surface area (TPSA) is 115 Å². The number of hydrogen-bond acceptors (Lipinski definition) is 4. The van der Waals surface area contributed by atoms with Gasteiger partial charge < -0.3 is 20.5 Å². The van der Waals surface area contributed by atoms with E-state index >= 15 is 0 Å². The first-order valence-electron chi connectivity index (χ1n) is 3.78. The van der Waals surface area contributed by atoms with Crippen molar-refractivity contribution in [3.63, 3.8) is 0 Å². The van der Waals surface area contributed by atoms with Gasteiger partial charge in [0.05, 0.1) is 19.1 Å². The van der Waals surface area contributed by atoms with Gasteiger partial charge in [-0.1, -0.05) is 0 Å². The van der Waals surface area contributed by atoms with Gasteiger partial charge in [0.15, 0.2) is 6.04 Å². The van der Waals surface area contributed by atoms with Crippen LogP contribution in [0.4, 0.5) is 0 Å². The van der Waals surface area contributed by atoms with E-state index in [4.69, 9.17) is 10.2 Å². The van der Waals surface area contributed by atoms with Gasteiger partial charge in [-0.3, -0.25) is 4.79 Å². The number of aliphatic hydroxyl groups excluding tert-OH is 1. The van der Waals surface area contributed by atoms with Gasteiger partial charge in [-0.05, 0) is 0 Å². The van der Waals surface area contributed by atoms with Crippen LogP contribution in [-0.4, -0.2) is 44.7 Å². The molecule has 1 amide bonds. The number of hydrogen-bond donors (Lipinski definition) is 4. The van der Waals surface area contributed by atoms with Gasteiger partial charge in [0, 0.05) is 0 Å². The standard InChI is InChI=1S/C7H9N3O4/c11-2-5(7(13)14)10-6(12)4-1-8-3-9-4/h1,3,5,11H,2H2,(H,8,9)(H,10,12)(H,13,14)/t5-/m0/s1. The Morgan fingerprint density at radius 3 is 2.79 bits per heavy atom. The summed E-state index contributed by atoms with van der Waals surface area (Å²) in [6.07, 6.45) is 2.55. The quantitative estimate of drug-likeness (QED) is 0.475. The molecule has 0 aliphatic carbocycles. The molecule has 0 saturated heterocycles. The van der Waals surface area contributed by atoms with E-state index in [9.17, 15) is 9.59 Å². The number of H-pyrrole nitrogens is 1. The Bertz CT molecular complexity index is 322. The summed E-state index contributed by atoms with van der Waals surface area (Å²) in [5, 5.41) is 19.2. The number of carboxylic acids is 1. The second-order valence-electron chi connectivity index (χ2n) is 2.51. The van der Waals surface area contributed by atoms with Crippen LogP contribution in [0, 0.1) is 0 Å². The minimum atomic E-state index is -1.30. The molecule has 0 aliphatic rings. The lowest BCUT2D eigenvalue weighted by Gasteiger charge is -2.09. The number of aliphatic carboxylic acids is 1. The Hall–Kier alpha value is -1.89. The summed E-state index contributed by atoms with van der Waals surface area (Å²) in [4.78, 5) is 27.8. The summed E-state index contributed by atoms with van der Waals surface area (Å²) in [7, 11) is 0. The fraction of sp³-hybridized carbons (Fsp3) is 0.286. The molecule has 7 heteroatoms. The van der Waals surface area contributed by atoms with E-state index in [-0.39, 0.29) is 5.69 Å². The van der Waals surface area contributed by atoms with Crippen LogP contribution in [0.3, 0.4) is 0 Å². The molecule has 0 saturated carbocycles. The molecule has 0 aliphatic heterocycles. The molecule has 0 aromatic carbocycles. The van der Waals surface area contributed by atoms with Crippen molar-refractivity contribution in [2.75, 3.05) is 6.61 Å². The van der Waals surface area contributed by atoms with Gasteiger partial charge in [-0.15, -0.1) is 0 Å². The third kappa shape index (κ3) is 2.30. The lowest BCUT2D eigenvalue weighted by molar-refractivity contribution is -0.140. The molecule has 0 radical (unpaired) electrons. The lowest BCUT2D eigenvalue weighted by Crippen LogP contribution is -2.43. The highest BCUT2D eigenvalue weighted by molar-refractivity contribution is 5.94. The van der Waals surface area contributed by atoms with E-state index in [1.165, 1.54) is 12.5 Å². The molecule has 7 nitrogen and oxygen atoms in total. The minimum absolute atomic E-state index is 0.143. The number of nitrogens with one attached hydrogen (secondary N) is 2. The van der Waals surface area contributed by atoms with Crippen molar-refractivity contribution in [3.05, 3.63) is 18.2 Å². The maximum Gasteiger partial charge on any atom is 0.328 e. The van der Waals surface area contributed by atoms with Gasteiger partial charge in [-0.25, -0.2) is 9.78 Å². The van der Waals surface area contributed by atoms with Crippen molar-refractivity contribution in [2.45, 2.75) is 6.04 Å². The summed E-state index contributed by atoms with van der Waals surface area (Å²) in [6, 6.07) is -1.30. The fourth-order valence-electron chi connectivity index (χ4n) is 0.802. The molecule has 1 rings (SSSR count). The number of amides is 1. The highest BCUT2D eigenvalue weighted by Gasteiger charge is 2.19. The molecule has 76 valence electrons. The van der Waals surface area contributed by atoms with Crippen LogP contribution in [-0.2, 0) is 4.79 Å². The number of nitrogens with zero attached hydrogens (tertiary/aromatic N) is 1. The van der Waals surface area contributed by atoms with Crippen LogP contribution in [0.25, 0.3) is 0 Å². The summed E-state index contributed by atoms with van der Waals surface area (Å²) in [5.41, 5.74) is 0.143. The Morgan fingerprint density at radius 2 is 2.36 bits per heavy atom. The first kappa shape index (κ1) is 10.2. The lowest BCUT2D eigenvalue weighted by atomic mass is 10.3. The summed E-state index contributed by atoms with van der Waals surface area (Å²) < 4.78 is 0. The zero-order valence-corrected chi connectivity index (χ0v) is 7.10. The van der Waals surface area contributed by atoms with Crippen LogP contribution in [0.5, 0.6) is 0 Å². The first-order chi connectivity index (χ1) is 6.65. The number of aromatic nitrogens is 2. The van der Waals surface area contributed by atoms with Crippen LogP contribution < -0.4 is 5.32 Å². The van der Waals surface area contributed by atoms with Crippen molar-refractivity contribution in [1.29, 1.82) is 0 Å². The SMILES string of the molecule is O=C(N[C@@H](CO)C(=O)O)c1cnc[nH]1. The average Bonchev–Trinajstić information content (AvgIpc) is 2.65. The monoisotopic (exact) mass is 199 g/mol. The van der Waals surface area contributed by atoms with E-state index in [0.717, 1.165) is 0 Å². The van der Waals surface area contributed by atoms with Crippen molar-refractivity contribution >= 4 is 11.9 Å². The highest BCUT2D eigenvalue weighted by atomic mass is 16.4. The van der Waals surface area contributed by atoms with Crippen molar-refractivity contribution in [1.82, 2.24) is 15.3 Å². The molecule has 4 N–H and O–H groups in total. The molecule has 1 atom stereocenters. The maximum absolute atomic E-state index is 11.2. The van der Waals surface area contributed by atoms with E-state index in [2.05, 4.69) is 15.3 Å². The number of imidazole rings is 1. The van der Waals surface area contributed by atoms with Crippen LogP contribution in [0.1, 0.15) is 10.5 Å². The summed E-state index contributed by atoms with van der Waals surface area (Å²) >= 11 is 0. The van der Waals surface area contributed by atoms with E-state index in [1.54, 1.807) is 0 Å². The molecule has 1 aromatic heterocycles. The minimum Gasteiger partial charge on any atom is -0.480 e. The third-order valence-corrected chi connectivity index (χ3v) is 1.53. The van der Waals surface area contributed by atoms with Gasteiger partial charge >= 0.3 is 5.97 Å². The normalized spacial score (nSPS) is 12.1. The van der Waals surface area contributed by atoms with Gasteiger partial charge in [0.25, 0.3) is 5.91 Å². The van der Waals surface area contributed by atoms with E-state index in [1.807, 2.05) is 0 Å². The van der Waals surface area contributed by atoms with Gasteiger partial charge in [0.2, 0.25) is 0 Å². The molecule has 1 aromatic rings. The Balaban J connectivity index is 2.60. The van der Waals surface area contributed by atoms with E-state index in [0.29, 0.717) is 0 Å².